The molecule has 96 valence electrons. The molecule has 0 radical (unpaired) electrons. The predicted molar refractivity (Wildman–Crippen MR) is 74.6 cm³/mol. The fourth-order valence-electron chi connectivity index (χ4n) is 1.90. The van der Waals surface area contributed by atoms with Crippen LogP contribution < -0.4 is 4.74 Å². The van der Waals surface area contributed by atoms with Gasteiger partial charge in [0.25, 0.3) is 0 Å². The Bertz CT molecular complexity index is 725. The molecular formula is C13H12N4OS. The molecule has 0 aliphatic heterocycles. The van der Waals surface area contributed by atoms with Gasteiger partial charge in [-0.15, -0.1) is 10.2 Å². The van der Waals surface area contributed by atoms with Crippen LogP contribution in [0.4, 0.5) is 0 Å². The van der Waals surface area contributed by atoms with Crippen molar-refractivity contribution in [2.45, 2.75) is 5.16 Å². The van der Waals surface area contributed by atoms with Crippen LogP contribution in [0.3, 0.4) is 0 Å². The summed E-state index contributed by atoms with van der Waals surface area (Å²) in [5, 5.41) is 13.5. The molecule has 0 spiro atoms. The molecule has 0 aliphatic carbocycles. The Balaban J connectivity index is 2.19. The maximum atomic E-state index is 5.36. The largest absolute Gasteiger partial charge is 0.496 e. The van der Waals surface area contributed by atoms with Gasteiger partial charge in [-0.2, -0.15) is 9.61 Å². The number of ether oxygens (including phenoxy) is 1. The van der Waals surface area contributed by atoms with E-state index in [9.17, 15) is 0 Å². The van der Waals surface area contributed by atoms with Crippen LogP contribution in [0.1, 0.15) is 0 Å². The summed E-state index contributed by atoms with van der Waals surface area (Å²) in [6.07, 6.45) is 1.95. The number of nitrogens with zero attached hydrogens (tertiary/aromatic N) is 4. The van der Waals surface area contributed by atoms with Crippen molar-refractivity contribution in [1.82, 2.24) is 19.8 Å². The minimum Gasteiger partial charge on any atom is -0.496 e. The van der Waals surface area contributed by atoms with Crippen LogP contribution in [0.25, 0.3) is 16.9 Å². The third-order valence-electron chi connectivity index (χ3n) is 2.80. The predicted octanol–water partition coefficient (Wildman–Crippen LogP) is 2.52. The van der Waals surface area contributed by atoms with Crippen molar-refractivity contribution in [2.24, 2.45) is 0 Å². The van der Waals surface area contributed by atoms with Crippen molar-refractivity contribution < 1.29 is 4.74 Å². The minimum absolute atomic E-state index is 0.739. The summed E-state index contributed by atoms with van der Waals surface area (Å²) in [5.41, 5.74) is 2.52. The Morgan fingerprint density at radius 3 is 2.74 bits per heavy atom. The summed E-state index contributed by atoms with van der Waals surface area (Å²) in [6, 6.07) is 11.6. The molecule has 0 atom stereocenters. The SMILES string of the molecule is COc1ccccc1-c1ccc2nnc(SC)n2n1. The third kappa shape index (κ3) is 2.04. The summed E-state index contributed by atoms with van der Waals surface area (Å²) >= 11 is 1.51. The maximum absolute atomic E-state index is 5.36. The van der Waals surface area contributed by atoms with Crippen molar-refractivity contribution in [1.29, 1.82) is 0 Å². The standard InChI is InChI=1S/C13H12N4OS/c1-18-11-6-4-3-5-9(11)10-7-8-12-14-15-13(19-2)17(12)16-10/h3-8H,1-2H3. The molecule has 2 heterocycles. The van der Waals surface area contributed by atoms with Gasteiger partial charge in [0.05, 0.1) is 12.8 Å². The lowest BCUT2D eigenvalue weighted by Gasteiger charge is -2.07. The Hall–Kier alpha value is -2.08. The second-order valence-corrected chi connectivity index (χ2v) is 4.65. The molecule has 0 unspecified atom stereocenters. The molecule has 3 aromatic rings. The molecule has 0 bridgehead atoms. The van der Waals surface area contributed by atoms with E-state index >= 15 is 0 Å². The summed E-state index contributed by atoms with van der Waals surface area (Å²) in [5.74, 6) is 0.799. The van der Waals surface area contributed by atoms with Gasteiger partial charge in [0.2, 0.25) is 5.16 Å². The molecule has 0 N–H and O–H groups in total. The van der Waals surface area contributed by atoms with Gasteiger partial charge in [-0.25, -0.2) is 0 Å². The first-order valence-electron chi connectivity index (χ1n) is 5.73. The Kier molecular flexibility index (Phi) is 3.08. The summed E-state index contributed by atoms with van der Waals surface area (Å²) in [7, 11) is 1.66. The second kappa shape index (κ2) is 4.89. The number of hydrogen-bond acceptors (Lipinski definition) is 5. The highest BCUT2D eigenvalue weighted by atomic mass is 32.2. The lowest BCUT2D eigenvalue weighted by molar-refractivity contribution is 0.416. The van der Waals surface area contributed by atoms with Gasteiger partial charge in [-0.05, 0) is 30.5 Å². The smallest absolute Gasteiger partial charge is 0.212 e. The Morgan fingerprint density at radius 1 is 1.11 bits per heavy atom. The average Bonchev–Trinajstić information content (AvgIpc) is 2.89. The van der Waals surface area contributed by atoms with Gasteiger partial charge in [-0.1, -0.05) is 23.9 Å². The highest BCUT2D eigenvalue weighted by Gasteiger charge is 2.10. The molecule has 5 nitrogen and oxygen atoms in total. The quantitative estimate of drug-likeness (QED) is 0.686. The lowest BCUT2D eigenvalue weighted by atomic mass is 10.1. The molecule has 0 aliphatic rings. The van der Waals surface area contributed by atoms with Crippen molar-refractivity contribution >= 4 is 17.4 Å². The van der Waals surface area contributed by atoms with Gasteiger partial charge < -0.3 is 4.74 Å². The molecule has 1 aromatic carbocycles. The third-order valence-corrected chi connectivity index (χ3v) is 3.42. The van der Waals surface area contributed by atoms with Gasteiger partial charge in [0, 0.05) is 5.56 Å². The van der Waals surface area contributed by atoms with E-state index in [1.165, 1.54) is 11.8 Å². The van der Waals surface area contributed by atoms with Crippen LogP contribution in [0.5, 0.6) is 5.75 Å². The van der Waals surface area contributed by atoms with Gasteiger partial charge in [0.15, 0.2) is 5.65 Å². The monoisotopic (exact) mass is 272 g/mol. The lowest BCUT2D eigenvalue weighted by Crippen LogP contribution is -1.97. The molecule has 6 heteroatoms. The Morgan fingerprint density at radius 2 is 1.95 bits per heavy atom. The molecule has 0 fully saturated rings. The van der Waals surface area contributed by atoms with E-state index in [4.69, 9.17) is 4.74 Å². The topological polar surface area (TPSA) is 52.3 Å². The number of thioether (sulfide) groups is 1. The van der Waals surface area contributed by atoms with Gasteiger partial charge in [0.1, 0.15) is 5.75 Å². The summed E-state index contributed by atoms with van der Waals surface area (Å²) < 4.78 is 7.11. The van der Waals surface area contributed by atoms with Crippen molar-refractivity contribution in [3.05, 3.63) is 36.4 Å². The maximum Gasteiger partial charge on any atom is 0.212 e. The van der Waals surface area contributed by atoms with Gasteiger partial charge >= 0.3 is 0 Å². The van der Waals surface area contributed by atoms with E-state index in [2.05, 4.69) is 15.3 Å². The summed E-state index contributed by atoms with van der Waals surface area (Å²) in [6.45, 7) is 0. The number of fused-ring (bicyclic) bond motifs is 1. The number of hydrogen-bond donors (Lipinski definition) is 0. The van der Waals surface area contributed by atoms with Gasteiger partial charge in [-0.3, -0.25) is 0 Å². The first-order valence-corrected chi connectivity index (χ1v) is 6.96. The van der Waals surface area contributed by atoms with E-state index in [-0.39, 0.29) is 0 Å². The molecule has 0 saturated carbocycles. The van der Waals surface area contributed by atoms with E-state index in [0.29, 0.717) is 0 Å². The number of aromatic nitrogens is 4. The molecule has 0 amide bonds. The number of rotatable bonds is 3. The second-order valence-electron chi connectivity index (χ2n) is 3.88. The molecule has 19 heavy (non-hydrogen) atoms. The molecular weight excluding hydrogens is 260 g/mol. The Labute approximate surface area is 114 Å². The molecule has 2 aromatic heterocycles. The highest BCUT2D eigenvalue weighted by molar-refractivity contribution is 7.98. The average molecular weight is 272 g/mol. The zero-order valence-electron chi connectivity index (χ0n) is 10.6. The normalized spacial score (nSPS) is 10.8. The number of para-hydroxylation sites is 1. The van der Waals surface area contributed by atoms with E-state index in [0.717, 1.165) is 27.8 Å². The molecule has 3 rings (SSSR count). The number of methoxy groups -OCH3 is 1. The summed E-state index contributed by atoms with van der Waals surface area (Å²) in [4.78, 5) is 0. The fourth-order valence-corrected chi connectivity index (χ4v) is 2.33. The van der Waals surface area contributed by atoms with E-state index in [1.807, 2.05) is 42.7 Å². The zero-order chi connectivity index (χ0) is 13.2. The van der Waals surface area contributed by atoms with Crippen LogP contribution in [0.2, 0.25) is 0 Å². The van der Waals surface area contributed by atoms with Crippen molar-refractivity contribution in [3.63, 3.8) is 0 Å². The van der Waals surface area contributed by atoms with E-state index in [1.54, 1.807) is 11.6 Å². The van der Waals surface area contributed by atoms with Crippen LogP contribution in [0, 0.1) is 0 Å². The van der Waals surface area contributed by atoms with Crippen molar-refractivity contribution in [2.75, 3.05) is 13.4 Å². The number of benzene rings is 1. The van der Waals surface area contributed by atoms with Crippen LogP contribution in [-0.4, -0.2) is 33.2 Å². The molecule has 0 saturated heterocycles. The first kappa shape index (κ1) is 12.0. The minimum atomic E-state index is 0.739. The van der Waals surface area contributed by atoms with Crippen LogP contribution >= 0.6 is 11.8 Å². The fraction of sp³-hybridized carbons (Fsp3) is 0.154. The first-order chi connectivity index (χ1) is 9.33. The van der Waals surface area contributed by atoms with Crippen LogP contribution in [-0.2, 0) is 0 Å². The zero-order valence-corrected chi connectivity index (χ0v) is 11.4. The van der Waals surface area contributed by atoms with Crippen LogP contribution in [0.15, 0.2) is 41.6 Å². The highest BCUT2D eigenvalue weighted by Crippen LogP contribution is 2.28. The van der Waals surface area contributed by atoms with Crippen molar-refractivity contribution in [3.8, 4) is 17.0 Å². The van der Waals surface area contributed by atoms with E-state index < -0.39 is 0 Å².